The molecule has 3 rings (SSSR count). The van der Waals surface area contributed by atoms with Gasteiger partial charge in [-0.25, -0.2) is 9.59 Å². The van der Waals surface area contributed by atoms with Crippen molar-refractivity contribution in [1.82, 2.24) is 0 Å². The second-order valence-corrected chi connectivity index (χ2v) is 4.08. The quantitative estimate of drug-likeness (QED) is 0.744. The number of hydrogen-bond acceptors (Lipinski definition) is 4. The number of carbonyl (C=O) groups is 2. The molecule has 0 aliphatic carbocycles. The van der Waals surface area contributed by atoms with Gasteiger partial charge in [0.1, 0.15) is 5.56 Å². The molecule has 20 heavy (non-hydrogen) atoms. The van der Waals surface area contributed by atoms with E-state index in [2.05, 4.69) is 0 Å². The van der Waals surface area contributed by atoms with Gasteiger partial charge >= 0.3 is 11.9 Å². The van der Waals surface area contributed by atoms with E-state index in [4.69, 9.17) is 14.6 Å². The van der Waals surface area contributed by atoms with E-state index in [-0.39, 0.29) is 17.1 Å². The van der Waals surface area contributed by atoms with Crippen molar-refractivity contribution < 1.29 is 29.3 Å². The van der Waals surface area contributed by atoms with E-state index in [0.29, 0.717) is 11.5 Å². The number of hydrogen-bond donors (Lipinski definition) is 2. The lowest BCUT2D eigenvalue weighted by atomic mass is 10.0. The summed E-state index contributed by atoms with van der Waals surface area (Å²) in [7, 11) is 0. The molecule has 6 heteroatoms. The molecular formula is C14H8O6. The highest BCUT2D eigenvalue weighted by molar-refractivity contribution is 6.04. The highest BCUT2D eigenvalue weighted by atomic mass is 16.6. The Kier molecular flexibility index (Phi) is 2.57. The fraction of sp³-hybridized carbons (Fsp3) is 0. The zero-order valence-corrected chi connectivity index (χ0v) is 9.99. The third-order valence-corrected chi connectivity index (χ3v) is 2.85. The lowest BCUT2D eigenvalue weighted by Gasteiger charge is -2.22. The van der Waals surface area contributed by atoms with Crippen molar-refractivity contribution in [2.24, 2.45) is 0 Å². The van der Waals surface area contributed by atoms with E-state index in [9.17, 15) is 14.7 Å². The average molecular weight is 272 g/mol. The molecule has 2 N–H and O–H groups in total. The molecule has 2 aromatic carbocycles. The molecule has 0 bridgehead atoms. The van der Waals surface area contributed by atoms with Crippen LogP contribution in [0.4, 0.5) is 0 Å². The zero-order valence-electron chi connectivity index (χ0n) is 9.99. The van der Waals surface area contributed by atoms with Gasteiger partial charge in [0.2, 0.25) is 0 Å². The summed E-state index contributed by atoms with van der Waals surface area (Å²) in [5, 5.41) is 18.3. The minimum absolute atomic E-state index is 0.101. The molecule has 0 saturated carbocycles. The first-order valence-electron chi connectivity index (χ1n) is 5.66. The van der Waals surface area contributed by atoms with Crippen LogP contribution in [0.5, 0.6) is 23.0 Å². The van der Waals surface area contributed by atoms with Crippen LogP contribution in [-0.2, 0) is 0 Å². The Morgan fingerprint density at radius 2 is 1.45 bits per heavy atom. The lowest BCUT2D eigenvalue weighted by molar-refractivity contribution is 0.0648. The smallest absolute Gasteiger partial charge is 0.340 e. The van der Waals surface area contributed by atoms with Crippen LogP contribution in [-0.4, -0.2) is 22.2 Å². The first-order chi connectivity index (χ1) is 9.58. The Labute approximate surface area is 112 Å². The summed E-state index contributed by atoms with van der Waals surface area (Å²) in [5.41, 5.74) is -0.774. The second kappa shape index (κ2) is 4.27. The van der Waals surface area contributed by atoms with E-state index in [1.165, 1.54) is 12.1 Å². The second-order valence-electron chi connectivity index (χ2n) is 4.08. The Balaban J connectivity index is 2.21. The molecule has 0 amide bonds. The number of rotatable bonds is 2. The Morgan fingerprint density at radius 3 is 2.05 bits per heavy atom. The fourth-order valence-corrected chi connectivity index (χ4v) is 1.98. The van der Waals surface area contributed by atoms with Gasteiger partial charge < -0.3 is 19.7 Å². The van der Waals surface area contributed by atoms with E-state index in [1.54, 1.807) is 24.3 Å². The molecule has 0 aromatic heterocycles. The summed E-state index contributed by atoms with van der Waals surface area (Å²) in [6.45, 7) is 0. The van der Waals surface area contributed by atoms with Gasteiger partial charge in [0.25, 0.3) is 0 Å². The SMILES string of the molecule is O=C(O)c1ccc2c(c1C(=O)O)Oc1ccccc1O2. The summed E-state index contributed by atoms with van der Waals surface area (Å²) in [6, 6.07) is 9.29. The normalized spacial score (nSPS) is 11.6. The van der Waals surface area contributed by atoms with Gasteiger partial charge in [-0.15, -0.1) is 0 Å². The molecule has 0 radical (unpaired) electrons. The number of benzene rings is 2. The highest BCUT2D eigenvalue weighted by Crippen LogP contribution is 2.47. The van der Waals surface area contributed by atoms with Crippen LogP contribution < -0.4 is 9.47 Å². The van der Waals surface area contributed by atoms with E-state index >= 15 is 0 Å². The maximum Gasteiger partial charge on any atom is 0.340 e. The van der Waals surface area contributed by atoms with Gasteiger partial charge in [-0.05, 0) is 24.3 Å². The molecule has 0 atom stereocenters. The summed E-state index contributed by atoms with van der Waals surface area (Å²) in [4.78, 5) is 22.4. The van der Waals surface area contributed by atoms with Crippen molar-refractivity contribution in [3.63, 3.8) is 0 Å². The highest BCUT2D eigenvalue weighted by Gasteiger charge is 2.29. The fourth-order valence-electron chi connectivity index (χ4n) is 1.98. The first kappa shape index (κ1) is 12.0. The van der Waals surface area contributed by atoms with Gasteiger partial charge in [0.05, 0.1) is 5.56 Å². The van der Waals surface area contributed by atoms with Gasteiger partial charge in [-0.2, -0.15) is 0 Å². The maximum absolute atomic E-state index is 11.3. The molecule has 6 nitrogen and oxygen atoms in total. The van der Waals surface area contributed by atoms with Gasteiger partial charge in [-0.3, -0.25) is 0 Å². The van der Waals surface area contributed by atoms with Crippen molar-refractivity contribution >= 4 is 11.9 Å². The van der Waals surface area contributed by atoms with Crippen LogP contribution in [0.25, 0.3) is 0 Å². The topological polar surface area (TPSA) is 93.1 Å². The van der Waals surface area contributed by atoms with Gasteiger partial charge in [-0.1, -0.05) is 12.1 Å². The van der Waals surface area contributed by atoms with Crippen LogP contribution in [0.2, 0.25) is 0 Å². The summed E-state index contributed by atoms with van der Waals surface area (Å²) < 4.78 is 11.0. The van der Waals surface area contributed by atoms with Gasteiger partial charge in [0.15, 0.2) is 23.0 Å². The number of carboxylic acid groups (broad SMARTS) is 2. The molecule has 1 aliphatic heterocycles. The Morgan fingerprint density at radius 1 is 0.800 bits per heavy atom. The molecule has 100 valence electrons. The minimum Gasteiger partial charge on any atom is -0.478 e. The van der Waals surface area contributed by atoms with Crippen molar-refractivity contribution in [2.45, 2.75) is 0 Å². The predicted molar refractivity (Wildman–Crippen MR) is 67.0 cm³/mol. The summed E-state index contributed by atoms with van der Waals surface area (Å²) in [5.74, 6) is -1.87. The van der Waals surface area contributed by atoms with E-state index in [0.717, 1.165) is 0 Å². The van der Waals surface area contributed by atoms with Gasteiger partial charge in [0, 0.05) is 0 Å². The van der Waals surface area contributed by atoms with Crippen LogP contribution >= 0.6 is 0 Å². The molecule has 0 fully saturated rings. The number of fused-ring (bicyclic) bond motifs is 2. The monoisotopic (exact) mass is 272 g/mol. The summed E-state index contributed by atoms with van der Waals surface area (Å²) in [6.07, 6.45) is 0. The average Bonchev–Trinajstić information content (AvgIpc) is 2.43. The largest absolute Gasteiger partial charge is 0.478 e. The van der Waals surface area contributed by atoms with E-state index < -0.39 is 17.5 Å². The maximum atomic E-state index is 11.3. The minimum atomic E-state index is -1.39. The summed E-state index contributed by atoms with van der Waals surface area (Å²) >= 11 is 0. The first-order valence-corrected chi connectivity index (χ1v) is 5.66. The number of para-hydroxylation sites is 2. The predicted octanol–water partition coefficient (Wildman–Crippen LogP) is 2.98. The number of aromatic carboxylic acids is 2. The molecule has 0 spiro atoms. The molecule has 0 saturated heterocycles. The molecular weight excluding hydrogens is 264 g/mol. The van der Waals surface area contributed by atoms with Crippen LogP contribution in [0.3, 0.4) is 0 Å². The molecule has 0 unspecified atom stereocenters. The van der Waals surface area contributed by atoms with Crippen molar-refractivity contribution in [3.05, 3.63) is 47.5 Å². The molecule has 1 aliphatic rings. The van der Waals surface area contributed by atoms with Crippen LogP contribution in [0, 0.1) is 0 Å². The Hall–Kier alpha value is -3.02. The van der Waals surface area contributed by atoms with Crippen molar-refractivity contribution in [2.75, 3.05) is 0 Å². The number of carboxylic acids is 2. The van der Waals surface area contributed by atoms with E-state index in [1.807, 2.05) is 0 Å². The number of ether oxygens (including phenoxy) is 2. The molecule has 2 aromatic rings. The van der Waals surface area contributed by atoms with Crippen molar-refractivity contribution in [3.8, 4) is 23.0 Å². The Bertz CT molecular complexity index is 734. The standard InChI is InChI=1S/C14H8O6/c15-13(16)7-5-6-10-12(11(7)14(17)18)20-9-4-2-1-3-8(9)19-10/h1-6H,(H,15,16)(H,17,18). The van der Waals surface area contributed by atoms with Crippen LogP contribution in [0.1, 0.15) is 20.7 Å². The van der Waals surface area contributed by atoms with Crippen LogP contribution in [0.15, 0.2) is 36.4 Å². The third-order valence-electron chi connectivity index (χ3n) is 2.85. The third kappa shape index (κ3) is 1.74. The zero-order chi connectivity index (χ0) is 14.3. The molecule has 1 heterocycles. The van der Waals surface area contributed by atoms with Crippen molar-refractivity contribution in [1.29, 1.82) is 0 Å². The lowest BCUT2D eigenvalue weighted by Crippen LogP contribution is -2.12.